The predicted molar refractivity (Wildman–Crippen MR) is 93.7 cm³/mol. The van der Waals surface area contributed by atoms with Gasteiger partial charge in [0.2, 0.25) is 0 Å². The average molecular weight is 342 g/mol. The lowest BCUT2D eigenvalue weighted by Crippen LogP contribution is -2.31. The van der Waals surface area contributed by atoms with Gasteiger partial charge in [-0.15, -0.1) is 0 Å². The maximum atomic E-state index is 11.1. The van der Waals surface area contributed by atoms with Gasteiger partial charge in [-0.25, -0.2) is 0 Å². The summed E-state index contributed by atoms with van der Waals surface area (Å²) in [4.78, 5) is 22.1. The number of hydrogen-bond acceptors (Lipinski definition) is 6. The molecule has 2 saturated heterocycles. The summed E-state index contributed by atoms with van der Waals surface area (Å²) in [5.74, 6) is 0.896. The fraction of sp³-hybridized carbons (Fsp3) is 0.889. The van der Waals surface area contributed by atoms with Crippen molar-refractivity contribution in [3.8, 4) is 0 Å². The molecule has 0 unspecified atom stereocenters. The highest BCUT2D eigenvalue weighted by Gasteiger charge is 2.17. The zero-order valence-corrected chi connectivity index (χ0v) is 15.3. The van der Waals surface area contributed by atoms with E-state index in [2.05, 4.69) is 10.6 Å². The van der Waals surface area contributed by atoms with Crippen molar-refractivity contribution in [1.82, 2.24) is 10.6 Å². The first-order chi connectivity index (χ1) is 11.7. The third-order valence-electron chi connectivity index (χ3n) is 4.32. The molecule has 0 saturated carbocycles. The Kier molecular flexibility index (Phi) is 11.5. The van der Waals surface area contributed by atoms with Gasteiger partial charge in [-0.2, -0.15) is 0 Å². The molecule has 2 aliphatic rings. The first kappa shape index (κ1) is 20.9. The lowest BCUT2D eigenvalue weighted by molar-refractivity contribution is -0.145. The molecule has 2 aliphatic heterocycles. The third kappa shape index (κ3) is 9.88. The largest absolute Gasteiger partial charge is 0.466 e. The molecule has 0 spiro atoms. The molecule has 6 heteroatoms. The Bertz CT molecular complexity index is 317. The SMILES string of the molecule is CCOC(=O)C[C@@H]1CCCNC1.CCOC(=O)C[C@@H]1CCCNC1. The maximum Gasteiger partial charge on any atom is 0.306 e. The van der Waals surface area contributed by atoms with Gasteiger partial charge in [0.25, 0.3) is 0 Å². The van der Waals surface area contributed by atoms with Crippen LogP contribution in [0.5, 0.6) is 0 Å². The molecule has 0 aliphatic carbocycles. The van der Waals surface area contributed by atoms with Crippen LogP contribution in [0.15, 0.2) is 0 Å². The lowest BCUT2D eigenvalue weighted by Gasteiger charge is -2.21. The number of nitrogens with one attached hydrogen (secondary N) is 2. The van der Waals surface area contributed by atoms with Crippen molar-refractivity contribution in [2.45, 2.75) is 52.4 Å². The number of ether oxygens (including phenoxy) is 2. The van der Waals surface area contributed by atoms with E-state index in [9.17, 15) is 9.59 Å². The molecule has 2 atom stereocenters. The van der Waals surface area contributed by atoms with E-state index < -0.39 is 0 Å². The van der Waals surface area contributed by atoms with E-state index in [4.69, 9.17) is 9.47 Å². The molecule has 2 N–H and O–H groups in total. The van der Waals surface area contributed by atoms with Crippen LogP contribution >= 0.6 is 0 Å². The van der Waals surface area contributed by atoms with Gasteiger partial charge in [-0.3, -0.25) is 9.59 Å². The van der Waals surface area contributed by atoms with E-state index in [1.807, 2.05) is 13.8 Å². The Labute approximate surface area is 146 Å². The Morgan fingerprint density at radius 3 is 1.54 bits per heavy atom. The highest BCUT2D eigenvalue weighted by molar-refractivity contribution is 5.70. The van der Waals surface area contributed by atoms with E-state index in [1.54, 1.807) is 0 Å². The summed E-state index contributed by atoms with van der Waals surface area (Å²) in [5, 5.41) is 6.55. The monoisotopic (exact) mass is 342 g/mol. The molecular formula is C18H34N2O4. The van der Waals surface area contributed by atoms with Crippen LogP contribution in [0.2, 0.25) is 0 Å². The van der Waals surface area contributed by atoms with Crippen LogP contribution in [0.1, 0.15) is 52.4 Å². The minimum atomic E-state index is -0.0498. The van der Waals surface area contributed by atoms with Crippen LogP contribution in [-0.2, 0) is 19.1 Å². The molecule has 0 bridgehead atoms. The van der Waals surface area contributed by atoms with E-state index in [0.29, 0.717) is 37.9 Å². The molecule has 2 rings (SSSR count). The molecule has 140 valence electrons. The standard InChI is InChI=1S/2C9H17NO2/c2*1-2-12-9(11)6-8-4-3-5-10-7-8/h2*8,10H,2-7H2,1H3/t2*8-/m00/s1. The highest BCUT2D eigenvalue weighted by atomic mass is 16.5. The quantitative estimate of drug-likeness (QED) is 0.718. The molecule has 0 aromatic heterocycles. The molecule has 6 nitrogen and oxygen atoms in total. The van der Waals surface area contributed by atoms with Crippen molar-refractivity contribution in [1.29, 1.82) is 0 Å². The summed E-state index contributed by atoms with van der Waals surface area (Å²) >= 11 is 0. The van der Waals surface area contributed by atoms with E-state index >= 15 is 0 Å². The van der Waals surface area contributed by atoms with Crippen molar-refractivity contribution in [2.24, 2.45) is 11.8 Å². The number of carbonyl (C=O) groups is 2. The van der Waals surface area contributed by atoms with Crippen molar-refractivity contribution in [3.63, 3.8) is 0 Å². The second kappa shape index (κ2) is 13.2. The van der Waals surface area contributed by atoms with E-state index in [1.165, 1.54) is 12.8 Å². The molecule has 2 fully saturated rings. The molecule has 0 aromatic carbocycles. The van der Waals surface area contributed by atoms with Crippen LogP contribution in [0, 0.1) is 11.8 Å². The van der Waals surface area contributed by atoms with Crippen LogP contribution < -0.4 is 10.6 Å². The lowest BCUT2D eigenvalue weighted by atomic mass is 9.96. The number of esters is 2. The van der Waals surface area contributed by atoms with Gasteiger partial charge < -0.3 is 20.1 Å². The summed E-state index contributed by atoms with van der Waals surface area (Å²) < 4.78 is 9.76. The maximum absolute atomic E-state index is 11.1. The summed E-state index contributed by atoms with van der Waals surface area (Å²) in [5.41, 5.74) is 0. The van der Waals surface area contributed by atoms with Crippen molar-refractivity contribution in [2.75, 3.05) is 39.4 Å². The Hall–Kier alpha value is -1.14. The van der Waals surface area contributed by atoms with Crippen molar-refractivity contribution < 1.29 is 19.1 Å². The van der Waals surface area contributed by atoms with Gasteiger partial charge in [0, 0.05) is 12.8 Å². The molecule has 0 aromatic rings. The number of rotatable bonds is 6. The number of piperidine rings is 2. The van der Waals surface area contributed by atoms with Gasteiger partial charge in [-0.1, -0.05) is 0 Å². The van der Waals surface area contributed by atoms with Gasteiger partial charge in [0.15, 0.2) is 0 Å². The fourth-order valence-electron chi connectivity index (χ4n) is 3.11. The minimum Gasteiger partial charge on any atom is -0.466 e. The first-order valence-electron chi connectivity index (χ1n) is 9.38. The Morgan fingerprint density at radius 1 is 0.833 bits per heavy atom. The predicted octanol–water partition coefficient (Wildman–Crippen LogP) is 1.88. The Morgan fingerprint density at radius 2 is 1.25 bits per heavy atom. The van der Waals surface area contributed by atoms with Gasteiger partial charge in [0.05, 0.1) is 13.2 Å². The summed E-state index contributed by atoms with van der Waals surface area (Å²) in [7, 11) is 0. The van der Waals surface area contributed by atoms with Crippen LogP contribution in [-0.4, -0.2) is 51.3 Å². The van der Waals surface area contributed by atoms with Crippen molar-refractivity contribution in [3.05, 3.63) is 0 Å². The summed E-state index contributed by atoms with van der Waals surface area (Å²) in [6, 6.07) is 0. The van der Waals surface area contributed by atoms with Gasteiger partial charge in [-0.05, 0) is 77.5 Å². The fourth-order valence-corrected chi connectivity index (χ4v) is 3.11. The first-order valence-corrected chi connectivity index (χ1v) is 9.38. The number of hydrogen-bond donors (Lipinski definition) is 2. The minimum absolute atomic E-state index is 0.0498. The second-order valence-corrected chi connectivity index (χ2v) is 6.44. The van der Waals surface area contributed by atoms with Crippen LogP contribution in [0.25, 0.3) is 0 Å². The Balaban J connectivity index is 0.000000240. The smallest absolute Gasteiger partial charge is 0.306 e. The molecular weight excluding hydrogens is 308 g/mol. The van der Waals surface area contributed by atoms with Gasteiger partial charge in [0.1, 0.15) is 0 Å². The van der Waals surface area contributed by atoms with Crippen LogP contribution in [0.4, 0.5) is 0 Å². The van der Waals surface area contributed by atoms with Crippen LogP contribution in [0.3, 0.4) is 0 Å². The molecule has 2 heterocycles. The summed E-state index contributed by atoms with van der Waals surface area (Å²) in [6.07, 6.45) is 5.85. The van der Waals surface area contributed by atoms with Gasteiger partial charge >= 0.3 is 11.9 Å². The highest BCUT2D eigenvalue weighted by Crippen LogP contribution is 2.15. The average Bonchev–Trinajstić information content (AvgIpc) is 2.58. The van der Waals surface area contributed by atoms with E-state index in [-0.39, 0.29) is 11.9 Å². The topological polar surface area (TPSA) is 76.7 Å². The zero-order valence-electron chi connectivity index (χ0n) is 15.3. The molecule has 24 heavy (non-hydrogen) atoms. The zero-order chi connectivity index (χ0) is 17.6. The second-order valence-electron chi connectivity index (χ2n) is 6.44. The number of carbonyl (C=O) groups excluding carboxylic acids is 2. The normalized spacial score (nSPS) is 23.6. The molecule has 0 amide bonds. The summed E-state index contributed by atoms with van der Waals surface area (Å²) in [6.45, 7) is 8.82. The van der Waals surface area contributed by atoms with E-state index in [0.717, 1.165) is 39.0 Å². The third-order valence-corrected chi connectivity index (χ3v) is 4.32. The molecule has 0 radical (unpaired) electrons. The van der Waals surface area contributed by atoms with Crippen molar-refractivity contribution >= 4 is 11.9 Å².